The zero-order valence-electron chi connectivity index (χ0n) is 9.98. The highest BCUT2D eigenvalue weighted by Gasteiger charge is 2.08. The molecule has 0 saturated heterocycles. The molecule has 0 atom stereocenters. The quantitative estimate of drug-likeness (QED) is 0.942. The molecule has 2 rings (SSSR count). The van der Waals surface area contributed by atoms with Crippen LogP contribution in [0.4, 0.5) is 0 Å². The molecule has 1 aromatic heterocycles. The average Bonchev–Trinajstić information content (AvgIpc) is 2.41. The summed E-state index contributed by atoms with van der Waals surface area (Å²) < 4.78 is 5.52. The van der Waals surface area contributed by atoms with Crippen molar-refractivity contribution in [3.63, 3.8) is 0 Å². The molecule has 6 heteroatoms. The van der Waals surface area contributed by atoms with Crippen molar-refractivity contribution < 1.29 is 9.53 Å². The van der Waals surface area contributed by atoms with Crippen molar-refractivity contribution in [2.45, 2.75) is 0 Å². The number of amides is 1. The maximum Gasteiger partial charge on any atom is 0.251 e. The van der Waals surface area contributed by atoms with E-state index in [0.717, 1.165) is 0 Å². The van der Waals surface area contributed by atoms with Crippen molar-refractivity contribution >= 4 is 29.1 Å². The van der Waals surface area contributed by atoms with Crippen LogP contribution in [0, 0.1) is 0 Å². The highest BCUT2D eigenvalue weighted by atomic mass is 35.5. The summed E-state index contributed by atoms with van der Waals surface area (Å²) in [6.45, 7) is 0. The maximum absolute atomic E-state index is 11.5. The Morgan fingerprint density at radius 2 is 2.11 bits per heavy atom. The molecular weight excluding hydrogens is 287 g/mol. The van der Waals surface area contributed by atoms with Crippen molar-refractivity contribution in [3.8, 4) is 11.6 Å². The minimum atomic E-state index is -0.194. The normalized spacial score (nSPS) is 10.1. The van der Waals surface area contributed by atoms with Crippen LogP contribution in [0.2, 0.25) is 10.0 Å². The monoisotopic (exact) mass is 296 g/mol. The van der Waals surface area contributed by atoms with Crippen molar-refractivity contribution in [2.75, 3.05) is 7.05 Å². The summed E-state index contributed by atoms with van der Waals surface area (Å²) in [6, 6.07) is 8.24. The van der Waals surface area contributed by atoms with E-state index in [1.165, 1.54) is 12.3 Å². The highest BCUT2D eigenvalue weighted by Crippen LogP contribution is 2.29. The minimum Gasteiger partial charge on any atom is -0.438 e. The van der Waals surface area contributed by atoms with Gasteiger partial charge in [-0.05, 0) is 24.3 Å². The Kier molecular flexibility index (Phi) is 4.24. The molecule has 0 fully saturated rings. The van der Waals surface area contributed by atoms with Crippen LogP contribution >= 0.6 is 23.2 Å². The van der Waals surface area contributed by atoms with E-state index < -0.39 is 0 Å². The van der Waals surface area contributed by atoms with E-state index in [1.54, 1.807) is 31.3 Å². The lowest BCUT2D eigenvalue weighted by atomic mass is 10.2. The van der Waals surface area contributed by atoms with Gasteiger partial charge in [0, 0.05) is 18.8 Å². The molecule has 19 heavy (non-hydrogen) atoms. The first-order chi connectivity index (χ1) is 9.10. The second kappa shape index (κ2) is 5.91. The summed E-state index contributed by atoms with van der Waals surface area (Å²) in [7, 11) is 1.56. The van der Waals surface area contributed by atoms with Crippen molar-refractivity contribution in [2.24, 2.45) is 0 Å². The number of hydrogen-bond acceptors (Lipinski definition) is 3. The molecule has 0 aliphatic rings. The van der Waals surface area contributed by atoms with Gasteiger partial charge in [-0.25, -0.2) is 4.98 Å². The van der Waals surface area contributed by atoms with Gasteiger partial charge in [0.1, 0.15) is 10.8 Å². The molecule has 1 amide bonds. The molecule has 0 aliphatic heterocycles. The predicted octanol–water partition coefficient (Wildman–Crippen LogP) is 3.54. The number of carbonyl (C=O) groups is 1. The van der Waals surface area contributed by atoms with Crippen LogP contribution in [0.1, 0.15) is 10.4 Å². The third-order valence-corrected chi connectivity index (χ3v) is 2.79. The number of nitrogens with one attached hydrogen (secondary N) is 1. The van der Waals surface area contributed by atoms with Crippen LogP contribution in [0.25, 0.3) is 0 Å². The van der Waals surface area contributed by atoms with Gasteiger partial charge in [0.15, 0.2) is 0 Å². The summed E-state index contributed by atoms with van der Waals surface area (Å²) in [4.78, 5) is 15.5. The van der Waals surface area contributed by atoms with E-state index in [-0.39, 0.29) is 11.8 Å². The SMILES string of the molecule is CNC(=O)c1cccc(Oc2ncc(Cl)cc2Cl)c1. The Morgan fingerprint density at radius 3 is 2.79 bits per heavy atom. The Hall–Kier alpha value is -1.78. The van der Waals surface area contributed by atoms with Gasteiger partial charge < -0.3 is 10.1 Å². The molecular formula is C13H10Cl2N2O2. The zero-order chi connectivity index (χ0) is 13.8. The van der Waals surface area contributed by atoms with E-state index in [9.17, 15) is 4.79 Å². The second-order valence-electron chi connectivity index (χ2n) is 3.65. The molecule has 0 aliphatic carbocycles. The van der Waals surface area contributed by atoms with E-state index in [4.69, 9.17) is 27.9 Å². The lowest BCUT2D eigenvalue weighted by molar-refractivity contribution is 0.0963. The first kappa shape index (κ1) is 13.6. The van der Waals surface area contributed by atoms with Gasteiger partial charge in [-0.2, -0.15) is 0 Å². The largest absolute Gasteiger partial charge is 0.438 e. The molecule has 0 bridgehead atoms. The number of rotatable bonds is 3. The van der Waals surface area contributed by atoms with Gasteiger partial charge in [0.2, 0.25) is 5.88 Å². The van der Waals surface area contributed by atoms with Gasteiger partial charge in [-0.3, -0.25) is 4.79 Å². The van der Waals surface area contributed by atoms with Crippen LogP contribution in [0.3, 0.4) is 0 Å². The smallest absolute Gasteiger partial charge is 0.251 e. The number of hydrogen-bond donors (Lipinski definition) is 1. The number of pyridine rings is 1. The maximum atomic E-state index is 11.5. The van der Waals surface area contributed by atoms with E-state index in [2.05, 4.69) is 10.3 Å². The molecule has 0 unspecified atom stereocenters. The summed E-state index contributed by atoms with van der Waals surface area (Å²) in [5, 5.41) is 3.27. The van der Waals surface area contributed by atoms with Gasteiger partial charge >= 0.3 is 0 Å². The van der Waals surface area contributed by atoms with Crippen molar-refractivity contribution in [3.05, 3.63) is 52.1 Å². The molecule has 0 spiro atoms. The molecule has 2 aromatic rings. The van der Waals surface area contributed by atoms with E-state index in [1.807, 2.05) is 0 Å². The van der Waals surface area contributed by atoms with Crippen LogP contribution in [-0.2, 0) is 0 Å². The fourth-order valence-electron chi connectivity index (χ4n) is 1.43. The van der Waals surface area contributed by atoms with Crippen LogP contribution < -0.4 is 10.1 Å². The van der Waals surface area contributed by atoms with E-state index in [0.29, 0.717) is 21.4 Å². The number of ether oxygens (including phenoxy) is 1. The third kappa shape index (κ3) is 3.36. The van der Waals surface area contributed by atoms with E-state index >= 15 is 0 Å². The highest BCUT2D eigenvalue weighted by molar-refractivity contribution is 6.35. The van der Waals surface area contributed by atoms with Crippen molar-refractivity contribution in [1.29, 1.82) is 0 Å². The summed E-state index contributed by atoms with van der Waals surface area (Å²) >= 11 is 11.7. The number of aromatic nitrogens is 1. The Bertz CT molecular complexity index is 617. The number of carbonyl (C=O) groups excluding carboxylic acids is 1. The summed E-state index contributed by atoms with van der Waals surface area (Å²) in [5.41, 5.74) is 0.491. The Balaban J connectivity index is 2.26. The van der Waals surface area contributed by atoms with Crippen LogP contribution in [-0.4, -0.2) is 17.9 Å². The van der Waals surface area contributed by atoms with Gasteiger partial charge in [0.25, 0.3) is 5.91 Å². The molecule has 98 valence electrons. The Labute approximate surface area is 120 Å². The first-order valence-corrected chi connectivity index (χ1v) is 6.17. The van der Waals surface area contributed by atoms with Gasteiger partial charge in [-0.15, -0.1) is 0 Å². The van der Waals surface area contributed by atoms with Crippen LogP contribution in [0.5, 0.6) is 11.6 Å². The molecule has 0 saturated carbocycles. The molecule has 1 N–H and O–H groups in total. The van der Waals surface area contributed by atoms with Crippen LogP contribution in [0.15, 0.2) is 36.5 Å². The summed E-state index contributed by atoms with van der Waals surface area (Å²) in [5.74, 6) is 0.513. The fraction of sp³-hybridized carbons (Fsp3) is 0.0769. The third-order valence-electron chi connectivity index (χ3n) is 2.31. The first-order valence-electron chi connectivity index (χ1n) is 5.41. The number of benzene rings is 1. The summed E-state index contributed by atoms with van der Waals surface area (Å²) in [6.07, 6.45) is 1.44. The minimum absolute atomic E-state index is 0.194. The van der Waals surface area contributed by atoms with Gasteiger partial charge in [-0.1, -0.05) is 29.3 Å². The molecule has 1 heterocycles. The second-order valence-corrected chi connectivity index (χ2v) is 4.49. The van der Waals surface area contributed by atoms with Gasteiger partial charge in [0.05, 0.1) is 5.02 Å². The zero-order valence-corrected chi connectivity index (χ0v) is 11.5. The molecule has 1 aromatic carbocycles. The standard InChI is InChI=1S/C13H10Cl2N2O2/c1-16-12(18)8-3-2-4-10(5-8)19-13-11(15)6-9(14)7-17-13/h2-7H,1H3,(H,16,18). The number of nitrogens with zero attached hydrogens (tertiary/aromatic N) is 1. The van der Waals surface area contributed by atoms with Crippen molar-refractivity contribution in [1.82, 2.24) is 10.3 Å². The topological polar surface area (TPSA) is 51.2 Å². The lowest BCUT2D eigenvalue weighted by Crippen LogP contribution is -2.17. The molecule has 4 nitrogen and oxygen atoms in total. The average molecular weight is 297 g/mol. The predicted molar refractivity (Wildman–Crippen MR) is 74.2 cm³/mol. The Morgan fingerprint density at radius 1 is 1.32 bits per heavy atom. The number of halogens is 2. The fourth-order valence-corrected chi connectivity index (χ4v) is 1.85. The lowest BCUT2D eigenvalue weighted by Gasteiger charge is -2.07. The molecule has 0 radical (unpaired) electrons.